The van der Waals surface area contributed by atoms with Gasteiger partial charge >= 0.3 is 6.16 Å². The van der Waals surface area contributed by atoms with E-state index in [9.17, 15) is 9.90 Å². The van der Waals surface area contributed by atoms with Gasteiger partial charge in [0.15, 0.2) is 0 Å². The van der Waals surface area contributed by atoms with Gasteiger partial charge in [-0.25, -0.2) is 4.79 Å². The van der Waals surface area contributed by atoms with Gasteiger partial charge in [-0.1, -0.05) is 0 Å². The van der Waals surface area contributed by atoms with E-state index in [1.807, 2.05) is 0 Å². The van der Waals surface area contributed by atoms with E-state index in [4.69, 9.17) is 9.57 Å². The van der Waals surface area contributed by atoms with Gasteiger partial charge in [-0.2, -0.15) is 0 Å². The Balaban J connectivity index is 2.25. The monoisotopic (exact) mass is 232 g/mol. The molecule has 0 radical (unpaired) electrons. The first kappa shape index (κ1) is 13.2. The van der Waals surface area contributed by atoms with Crippen LogP contribution < -0.4 is 10.8 Å². The maximum atomic E-state index is 11.2. The Morgan fingerprint density at radius 3 is 2.75 bits per heavy atom. The van der Waals surface area contributed by atoms with Gasteiger partial charge < -0.3 is 20.0 Å². The molecule has 0 bridgehead atoms. The molecule has 0 aromatic heterocycles. The van der Waals surface area contributed by atoms with Crippen molar-refractivity contribution in [3.05, 3.63) is 0 Å². The molecule has 16 heavy (non-hydrogen) atoms. The van der Waals surface area contributed by atoms with Crippen molar-refractivity contribution in [2.45, 2.75) is 44.9 Å². The number of carbonyl (C=O) groups excluding carboxylic acids is 1. The number of ether oxygens (including phenoxy) is 1. The molecule has 0 amide bonds. The summed E-state index contributed by atoms with van der Waals surface area (Å²) in [4.78, 5) is 15.9. The first-order chi connectivity index (χ1) is 7.38. The van der Waals surface area contributed by atoms with Crippen molar-refractivity contribution in [1.82, 2.24) is 10.8 Å². The molecular weight excluding hydrogens is 212 g/mol. The molecule has 6 heteroatoms. The third-order valence-corrected chi connectivity index (χ3v) is 2.13. The van der Waals surface area contributed by atoms with Crippen LogP contribution in [0.4, 0.5) is 4.79 Å². The van der Waals surface area contributed by atoms with E-state index < -0.39 is 17.9 Å². The van der Waals surface area contributed by atoms with E-state index in [-0.39, 0.29) is 6.04 Å². The molecule has 1 aliphatic heterocycles. The number of rotatable bonds is 2. The van der Waals surface area contributed by atoms with Crippen molar-refractivity contribution in [2.75, 3.05) is 13.1 Å². The summed E-state index contributed by atoms with van der Waals surface area (Å²) in [6, 6.07) is -0.290. The van der Waals surface area contributed by atoms with Crippen LogP contribution in [0.1, 0.15) is 27.2 Å². The van der Waals surface area contributed by atoms with Crippen molar-refractivity contribution in [1.29, 1.82) is 0 Å². The van der Waals surface area contributed by atoms with E-state index in [2.05, 4.69) is 10.8 Å². The molecule has 0 aromatic carbocycles. The minimum absolute atomic E-state index is 0.290. The molecule has 94 valence electrons. The van der Waals surface area contributed by atoms with E-state index in [0.29, 0.717) is 13.0 Å². The second kappa shape index (κ2) is 5.47. The van der Waals surface area contributed by atoms with E-state index >= 15 is 0 Å². The molecule has 6 nitrogen and oxygen atoms in total. The summed E-state index contributed by atoms with van der Waals surface area (Å²) in [6.07, 6.45) is -0.663. The number of hydroxylamine groups is 1. The number of hydrogen-bond acceptors (Lipinski definition) is 6. The summed E-state index contributed by atoms with van der Waals surface area (Å²) < 4.78 is 4.94. The summed E-state index contributed by atoms with van der Waals surface area (Å²) >= 11 is 0. The van der Waals surface area contributed by atoms with Crippen molar-refractivity contribution in [2.24, 2.45) is 0 Å². The molecule has 2 atom stereocenters. The number of hydrogen-bond donors (Lipinski definition) is 3. The zero-order chi connectivity index (χ0) is 12.2. The summed E-state index contributed by atoms with van der Waals surface area (Å²) in [5, 5.41) is 12.7. The number of aliphatic hydroxyl groups is 1. The molecule has 1 fully saturated rings. The Hall–Kier alpha value is -0.850. The lowest BCUT2D eigenvalue weighted by Crippen LogP contribution is -2.52. The van der Waals surface area contributed by atoms with Crippen LogP contribution >= 0.6 is 0 Å². The molecular formula is C10H20N2O4. The van der Waals surface area contributed by atoms with Gasteiger partial charge in [-0.3, -0.25) is 0 Å². The Morgan fingerprint density at radius 1 is 1.50 bits per heavy atom. The Bertz CT molecular complexity index is 239. The standard InChI is InChI=1S/C10H20N2O4/c1-10(2,3)15-9(14)16-12-7-6-11-5-4-8(7)13/h7-8,11-13H,4-6H2,1-3H3/t7-,8+/m0/s1. The fraction of sp³-hybridized carbons (Fsp3) is 0.900. The van der Waals surface area contributed by atoms with Gasteiger partial charge in [0, 0.05) is 6.54 Å². The Morgan fingerprint density at radius 2 is 2.19 bits per heavy atom. The second-order valence-electron chi connectivity index (χ2n) is 4.85. The third-order valence-electron chi connectivity index (χ3n) is 2.13. The number of aliphatic hydroxyl groups excluding tert-OH is 1. The van der Waals surface area contributed by atoms with Crippen molar-refractivity contribution >= 4 is 6.16 Å². The molecule has 0 unspecified atom stereocenters. The third kappa shape index (κ3) is 4.78. The highest BCUT2D eigenvalue weighted by Gasteiger charge is 2.25. The van der Waals surface area contributed by atoms with Crippen LogP contribution in [0.5, 0.6) is 0 Å². The minimum atomic E-state index is -0.787. The smallest absolute Gasteiger partial charge is 0.427 e. The SMILES string of the molecule is CC(C)(C)OC(=O)ON[C@H]1CNCC[C@H]1O. The van der Waals surface area contributed by atoms with Crippen molar-refractivity contribution in [3.63, 3.8) is 0 Å². The van der Waals surface area contributed by atoms with Gasteiger partial charge in [0.25, 0.3) is 0 Å². The maximum absolute atomic E-state index is 11.2. The molecule has 1 saturated heterocycles. The van der Waals surface area contributed by atoms with Crippen LogP contribution in [0, 0.1) is 0 Å². The molecule has 1 heterocycles. The van der Waals surface area contributed by atoms with Gasteiger partial charge in [0.1, 0.15) is 5.60 Å². The fourth-order valence-electron chi connectivity index (χ4n) is 1.36. The molecule has 0 spiro atoms. The molecule has 0 aromatic rings. The fourth-order valence-corrected chi connectivity index (χ4v) is 1.36. The average molecular weight is 232 g/mol. The van der Waals surface area contributed by atoms with E-state index in [0.717, 1.165) is 6.54 Å². The average Bonchev–Trinajstić information content (AvgIpc) is 2.14. The first-order valence-corrected chi connectivity index (χ1v) is 5.42. The van der Waals surface area contributed by atoms with Crippen LogP contribution in [0.3, 0.4) is 0 Å². The largest absolute Gasteiger partial charge is 0.528 e. The Labute approximate surface area is 95.3 Å². The molecule has 1 aliphatic rings. The van der Waals surface area contributed by atoms with Crippen molar-refractivity contribution < 1.29 is 19.5 Å². The van der Waals surface area contributed by atoms with Gasteiger partial charge in [0.2, 0.25) is 0 Å². The summed E-state index contributed by atoms with van der Waals surface area (Å²) in [7, 11) is 0. The molecule has 0 aliphatic carbocycles. The number of nitrogens with one attached hydrogen (secondary N) is 2. The molecule has 3 N–H and O–H groups in total. The highest BCUT2D eigenvalue weighted by Crippen LogP contribution is 2.08. The predicted molar refractivity (Wildman–Crippen MR) is 57.7 cm³/mol. The highest BCUT2D eigenvalue weighted by atomic mass is 16.8. The summed E-state index contributed by atoms with van der Waals surface area (Å²) in [6.45, 7) is 6.59. The highest BCUT2D eigenvalue weighted by molar-refractivity contribution is 5.60. The summed E-state index contributed by atoms with van der Waals surface area (Å²) in [5.74, 6) is 0. The quantitative estimate of drug-likeness (QED) is 0.465. The van der Waals surface area contributed by atoms with Gasteiger partial charge in [-0.15, -0.1) is 5.48 Å². The topological polar surface area (TPSA) is 79.8 Å². The number of piperidine rings is 1. The lowest BCUT2D eigenvalue weighted by atomic mass is 10.1. The minimum Gasteiger partial charge on any atom is -0.427 e. The zero-order valence-corrected chi connectivity index (χ0v) is 9.95. The van der Waals surface area contributed by atoms with E-state index in [1.54, 1.807) is 20.8 Å². The van der Waals surface area contributed by atoms with Crippen LogP contribution in [0.2, 0.25) is 0 Å². The normalized spacial score (nSPS) is 26.2. The van der Waals surface area contributed by atoms with Crippen LogP contribution in [-0.4, -0.2) is 42.1 Å². The van der Waals surface area contributed by atoms with Gasteiger partial charge in [0.05, 0.1) is 12.1 Å². The van der Waals surface area contributed by atoms with E-state index in [1.165, 1.54) is 0 Å². The van der Waals surface area contributed by atoms with Gasteiger partial charge in [-0.05, 0) is 33.7 Å². The molecule has 1 rings (SSSR count). The number of carbonyl (C=O) groups is 1. The lowest BCUT2D eigenvalue weighted by molar-refractivity contribution is -0.0559. The lowest BCUT2D eigenvalue weighted by Gasteiger charge is -2.28. The maximum Gasteiger partial charge on any atom is 0.528 e. The predicted octanol–water partition coefficient (Wildman–Crippen LogP) is 0.165. The second-order valence-corrected chi connectivity index (χ2v) is 4.85. The van der Waals surface area contributed by atoms with Crippen molar-refractivity contribution in [3.8, 4) is 0 Å². The van der Waals surface area contributed by atoms with Crippen LogP contribution in [0.25, 0.3) is 0 Å². The first-order valence-electron chi connectivity index (χ1n) is 5.42. The molecule has 0 saturated carbocycles. The zero-order valence-electron chi connectivity index (χ0n) is 9.95. The Kier molecular flexibility index (Phi) is 4.52. The van der Waals surface area contributed by atoms with Crippen LogP contribution in [-0.2, 0) is 9.57 Å². The van der Waals surface area contributed by atoms with Crippen LogP contribution in [0.15, 0.2) is 0 Å². The summed E-state index contributed by atoms with van der Waals surface area (Å²) in [5.41, 5.74) is 1.93.